The number of hydrogen-bond donors (Lipinski definition) is 1. The van der Waals surface area contributed by atoms with Gasteiger partial charge in [-0.05, 0) is 31.4 Å². The zero-order chi connectivity index (χ0) is 22.5. The van der Waals surface area contributed by atoms with Gasteiger partial charge in [0.15, 0.2) is 11.0 Å². The van der Waals surface area contributed by atoms with E-state index in [1.165, 1.54) is 35.8 Å². The molecule has 0 saturated heterocycles. The van der Waals surface area contributed by atoms with Gasteiger partial charge < -0.3 is 14.6 Å². The number of hydrogen-bond acceptors (Lipinski definition) is 7. The summed E-state index contributed by atoms with van der Waals surface area (Å²) in [7, 11) is 1.32. The number of methoxy groups -OCH3 is 1. The second-order valence-corrected chi connectivity index (χ2v) is 9.45. The third-order valence-electron chi connectivity index (χ3n) is 4.71. The third kappa shape index (κ3) is 5.34. The number of ether oxygens (including phenoxy) is 1. The Morgan fingerprint density at radius 3 is 2.55 bits per heavy atom. The average molecular weight is 459 g/mol. The van der Waals surface area contributed by atoms with Crippen LogP contribution in [0.3, 0.4) is 0 Å². The Morgan fingerprint density at radius 2 is 1.94 bits per heavy atom. The summed E-state index contributed by atoms with van der Waals surface area (Å²) in [5.41, 5.74) is 2.63. The summed E-state index contributed by atoms with van der Waals surface area (Å²) in [6.45, 7) is 8.91. The molecule has 0 saturated carbocycles. The summed E-state index contributed by atoms with van der Waals surface area (Å²) in [5, 5.41) is 12.6. The lowest BCUT2D eigenvalue weighted by Crippen LogP contribution is -2.16. The van der Waals surface area contributed by atoms with E-state index in [9.17, 15) is 9.59 Å². The minimum Gasteiger partial charge on any atom is -0.465 e. The van der Waals surface area contributed by atoms with Gasteiger partial charge in [0.2, 0.25) is 5.91 Å². The van der Waals surface area contributed by atoms with Crippen LogP contribution in [0.2, 0.25) is 0 Å². The SMILES string of the molecule is CCn1c(SCC(=O)Nc2sc(C)cc2C(=O)OC)nnc1-c1ccc(C(C)C)cc1. The van der Waals surface area contributed by atoms with Crippen molar-refractivity contribution in [3.05, 3.63) is 46.3 Å². The molecule has 0 aliphatic heterocycles. The highest BCUT2D eigenvalue weighted by Gasteiger charge is 2.19. The van der Waals surface area contributed by atoms with Crippen LogP contribution in [-0.2, 0) is 16.1 Å². The van der Waals surface area contributed by atoms with E-state index in [2.05, 4.69) is 53.6 Å². The first-order chi connectivity index (χ1) is 14.8. The first-order valence-corrected chi connectivity index (χ1v) is 11.8. The van der Waals surface area contributed by atoms with Crippen LogP contribution in [0, 0.1) is 6.92 Å². The highest BCUT2D eigenvalue weighted by atomic mass is 32.2. The van der Waals surface area contributed by atoms with Gasteiger partial charge in [-0.3, -0.25) is 4.79 Å². The molecular formula is C22H26N4O3S2. The molecule has 0 fully saturated rings. The molecule has 0 aliphatic carbocycles. The molecule has 31 heavy (non-hydrogen) atoms. The Labute approximate surface area is 190 Å². The minimum absolute atomic E-state index is 0.155. The van der Waals surface area contributed by atoms with E-state index in [1.807, 2.05) is 18.4 Å². The number of nitrogens with zero attached hydrogens (tertiary/aromatic N) is 3. The van der Waals surface area contributed by atoms with Gasteiger partial charge in [0, 0.05) is 17.0 Å². The van der Waals surface area contributed by atoms with Crippen molar-refractivity contribution in [2.45, 2.75) is 45.3 Å². The standard InChI is InChI=1S/C22H26N4O3S2/c1-6-26-19(16-9-7-15(8-10-16)13(2)3)24-25-22(26)30-12-18(27)23-20-17(21(28)29-5)11-14(4)31-20/h7-11,13H,6,12H2,1-5H3,(H,23,27). The highest BCUT2D eigenvalue weighted by molar-refractivity contribution is 7.99. The van der Waals surface area contributed by atoms with E-state index in [0.29, 0.717) is 28.2 Å². The molecule has 9 heteroatoms. The van der Waals surface area contributed by atoms with Crippen molar-refractivity contribution in [1.29, 1.82) is 0 Å². The zero-order valence-electron chi connectivity index (χ0n) is 18.3. The maximum absolute atomic E-state index is 12.5. The van der Waals surface area contributed by atoms with Crippen LogP contribution in [-0.4, -0.2) is 39.5 Å². The molecule has 2 heterocycles. The van der Waals surface area contributed by atoms with Crippen LogP contribution in [0.5, 0.6) is 0 Å². The molecule has 1 amide bonds. The normalized spacial score (nSPS) is 11.0. The first kappa shape index (κ1) is 23.0. The van der Waals surface area contributed by atoms with Crippen LogP contribution < -0.4 is 5.32 Å². The summed E-state index contributed by atoms with van der Waals surface area (Å²) < 4.78 is 6.78. The number of carbonyl (C=O) groups is 2. The Hall–Kier alpha value is -2.65. The summed E-state index contributed by atoms with van der Waals surface area (Å²) in [6.07, 6.45) is 0. The van der Waals surface area contributed by atoms with Crippen molar-refractivity contribution in [2.24, 2.45) is 0 Å². The number of aromatic nitrogens is 3. The molecule has 0 bridgehead atoms. The van der Waals surface area contributed by atoms with E-state index in [4.69, 9.17) is 4.74 Å². The molecule has 0 radical (unpaired) electrons. The number of rotatable bonds is 8. The fourth-order valence-corrected chi connectivity index (χ4v) is 4.79. The van der Waals surface area contributed by atoms with Gasteiger partial charge in [0.1, 0.15) is 5.00 Å². The Morgan fingerprint density at radius 1 is 1.23 bits per heavy atom. The van der Waals surface area contributed by atoms with Gasteiger partial charge in [0.05, 0.1) is 18.4 Å². The molecule has 3 rings (SSSR count). The predicted molar refractivity (Wildman–Crippen MR) is 125 cm³/mol. The van der Waals surface area contributed by atoms with Crippen LogP contribution in [0.4, 0.5) is 5.00 Å². The van der Waals surface area contributed by atoms with Crippen LogP contribution in [0.1, 0.15) is 47.5 Å². The molecular weight excluding hydrogens is 432 g/mol. The Balaban J connectivity index is 1.70. The van der Waals surface area contributed by atoms with Gasteiger partial charge in [-0.1, -0.05) is 49.9 Å². The quantitative estimate of drug-likeness (QED) is 0.379. The monoisotopic (exact) mass is 458 g/mol. The van der Waals surface area contributed by atoms with Crippen molar-refractivity contribution < 1.29 is 14.3 Å². The molecule has 0 spiro atoms. The molecule has 0 unspecified atom stereocenters. The summed E-state index contributed by atoms with van der Waals surface area (Å²) >= 11 is 2.66. The number of carbonyl (C=O) groups excluding carboxylic acids is 2. The fraction of sp³-hybridized carbons (Fsp3) is 0.364. The number of benzene rings is 1. The fourth-order valence-electron chi connectivity index (χ4n) is 3.07. The van der Waals surface area contributed by atoms with Gasteiger partial charge in [-0.25, -0.2) is 4.79 Å². The Kier molecular flexibility index (Phi) is 7.50. The molecule has 1 N–H and O–H groups in total. The highest BCUT2D eigenvalue weighted by Crippen LogP contribution is 2.29. The van der Waals surface area contributed by atoms with Gasteiger partial charge in [-0.2, -0.15) is 0 Å². The second kappa shape index (κ2) is 10.1. The lowest BCUT2D eigenvalue weighted by atomic mass is 10.0. The largest absolute Gasteiger partial charge is 0.465 e. The van der Waals surface area contributed by atoms with Gasteiger partial charge >= 0.3 is 5.97 Å². The number of anilines is 1. The third-order valence-corrected chi connectivity index (χ3v) is 6.65. The van der Waals surface area contributed by atoms with Crippen LogP contribution in [0.25, 0.3) is 11.4 Å². The van der Waals surface area contributed by atoms with E-state index in [1.54, 1.807) is 6.07 Å². The zero-order valence-corrected chi connectivity index (χ0v) is 19.9. The Bertz CT molecular complexity index is 1070. The lowest BCUT2D eigenvalue weighted by molar-refractivity contribution is -0.113. The van der Waals surface area contributed by atoms with Crippen molar-refractivity contribution in [3.8, 4) is 11.4 Å². The van der Waals surface area contributed by atoms with Crippen molar-refractivity contribution in [1.82, 2.24) is 14.8 Å². The van der Waals surface area contributed by atoms with Crippen LogP contribution in [0.15, 0.2) is 35.5 Å². The number of aryl methyl sites for hydroxylation is 1. The number of thioether (sulfide) groups is 1. The summed E-state index contributed by atoms with van der Waals surface area (Å²) in [6, 6.07) is 10.0. The maximum atomic E-state index is 12.5. The predicted octanol–water partition coefficient (Wildman–Crippen LogP) is 4.98. The minimum atomic E-state index is -0.467. The summed E-state index contributed by atoms with van der Waals surface area (Å²) in [5.74, 6) is 0.718. The smallest absolute Gasteiger partial charge is 0.340 e. The first-order valence-electron chi connectivity index (χ1n) is 9.99. The molecule has 7 nitrogen and oxygen atoms in total. The van der Waals surface area contributed by atoms with E-state index < -0.39 is 5.97 Å². The van der Waals surface area contributed by atoms with Crippen molar-refractivity contribution >= 4 is 40.0 Å². The van der Waals surface area contributed by atoms with Gasteiger partial charge in [-0.15, -0.1) is 21.5 Å². The average Bonchev–Trinajstić information content (AvgIpc) is 3.34. The summed E-state index contributed by atoms with van der Waals surface area (Å²) in [4.78, 5) is 25.3. The van der Waals surface area contributed by atoms with Crippen molar-refractivity contribution in [2.75, 3.05) is 18.2 Å². The molecule has 2 aromatic heterocycles. The number of amides is 1. The van der Waals surface area contributed by atoms with Gasteiger partial charge in [0.25, 0.3) is 0 Å². The lowest BCUT2D eigenvalue weighted by Gasteiger charge is -2.09. The number of nitrogens with one attached hydrogen (secondary N) is 1. The molecule has 3 aromatic rings. The molecule has 0 aliphatic rings. The number of esters is 1. The number of thiophene rings is 1. The molecule has 1 aromatic carbocycles. The van der Waals surface area contributed by atoms with Crippen LogP contribution >= 0.6 is 23.1 Å². The molecule has 0 atom stereocenters. The van der Waals surface area contributed by atoms with E-state index in [-0.39, 0.29) is 11.7 Å². The molecule has 164 valence electrons. The van der Waals surface area contributed by atoms with Crippen molar-refractivity contribution in [3.63, 3.8) is 0 Å². The second-order valence-electron chi connectivity index (χ2n) is 7.26. The van der Waals surface area contributed by atoms with E-state index in [0.717, 1.165) is 16.3 Å². The maximum Gasteiger partial charge on any atom is 0.340 e. The topological polar surface area (TPSA) is 86.1 Å². The van der Waals surface area contributed by atoms with E-state index >= 15 is 0 Å².